The Labute approximate surface area is 117 Å². The van der Waals surface area contributed by atoms with E-state index in [1.54, 1.807) is 6.07 Å². The summed E-state index contributed by atoms with van der Waals surface area (Å²) < 4.78 is 28.0. The van der Waals surface area contributed by atoms with E-state index in [0.29, 0.717) is 5.69 Å². The monoisotopic (exact) mass is 284 g/mol. The Kier molecular flexibility index (Phi) is 3.76. The van der Waals surface area contributed by atoms with Crippen LogP contribution in [-0.4, -0.2) is 18.1 Å². The van der Waals surface area contributed by atoms with Crippen molar-refractivity contribution in [2.75, 3.05) is 18.0 Å². The molecule has 1 aromatic rings. The van der Waals surface area contributed by atoms with Gasteiger partial charge in [0.25, 0.3) is 0 Å². The third kappa shape index (κ3) is 2.86. The summed E-state index contributed by atoms with van der Waals surface area (Å²) in [7, 11) is 0. The fourth-order valence-electron chi connectivity index (χ4n) is 2.60. The molecule has 0 spiro atoms. The smallest absolute Gasteiger partial charge is 0.182 e. The number of halogens is 2. The van der Waals surface area contributed by atoms with Crippen LogP contribution in [0.4, 0.5) is 14.5 Å². The van der Waals surface area contributed by atoms with Crippen molar-refractivity contribution in [1.82, 2.24) is 0 Å². The highest BCUT2D eigenvalue weighted by Crippen LogP contribution is 2.33. The maximum absolute atomic E-state index is 14.1. The lowest BCUT2D eigenvalue weighted by atomic mass is 9.84. The van der Waals surface area contributed by atoms with Gasteiger partial charge >= 0.3 is 0 Å². The van der Waals surface area contributed by atoms with Crippen LogP contribution < -0.4 is 10.6 Å². The first-order valence-corrected chi connectivity index (χ1v) is 6.75. The van der Waals surface area contributed by atoms with Crippen LogP contribution in [-0.2, 0) is 0 Å². The van der Waals surface area contributed by atoms with Gasteiger partial charge in [-0.25, -0.2) is 8.78 Å². The quantitative estimate of drug-likeness (QED) is 0.846. The number of thiocarbonyl (C=S) groups is 1. The molecule has 0 saturated carbocycles. The normalized spacial score (nSPS) is 18.4. The Morgan fingerprint density at radius 2 is 2.00 bits per heavy atom. The molecule has 0 aromatic heterocycles. The molecule has 5 heteroatoms. The molecule has 0 bridgehead atoms. The summed E-state index contributed by atoms with van der Waals surface area (Å²) in [6, 6.07) is 3.02. The first kappa shape index (κ1) is 14.2. The summed E-state index contributed by atoms with van der Waals surface area (Å²) >= 11 is 4.70. The van der Waals surface area contributed by atoms with E-state index in [1.165, 1.54) is 6.07 Å². The lowest BCUT2D eigenvalue weighted by Gasteiger charge is -2.39. The molecule has 19 heavy (non-hydrogen) atoms. The summed E-state index contributed by atoms with van der Waals surface area (Å²) in [6.07, 6.45) is 2.07. The highest BCUT2D eigenvalue weighted by Gasteiger charge is 2.29. The molecule has 104 valence electrons. The average molecular weight is 284 g/mol. The molecule has 0 aliphatic carbocycles. The topological polar surface area (TPSA) is 29.3 Å². The molecule has 1 aromatic carbocycles. The van der Waals surface area contributed by atoms with Gasteiger partial charge in [-0.2, -0.15) is 0 Å². The van der Waals surface area contributed by atoms with Gasteiger partial charge in [-0.15, -0.1) is 0 Å². The highest BCUT2D eigenvalue weighted by molar-refractivity contribution is 7.80. The second kappa shape index (κ2) is 5.04. The van der Waals surface area contributed by atoms with E-state index >= 15 is 0 Å². The number of nitrogens with two attached hydrogens (primary N) is 1. The molecule has 1 aliphatic heterocycles. The Morgan fingerprint density at radius 1 is 1.32 bits per heavy atom. The third-order valence-electron chi connectivity index (χ3n) is 3.57. The van der Waals surface area contributed by atoms with Crippen molar-refractivity contribution in [2.24, 2.45) is 11.1 Å². The van der Waals surface area contributed by atoms with Gasteiger partial charge in [0, 0.05) is 18.7 Å². The molecule has 0 atom stereocenters. The van der Waals surface area contributed by atoms with Crippen LogP contribution in [0, 0.1) is 17.0 Å². The van der Waals surface area contributed by atoms with Crippen molar-refractivity contribution >= 4 is 22.9 Å². The Hall–Kier alpha value is -1.23. The predicted molar refractivity (Wildman–Crippen MR) is 77.5 cm³/mol. The molecule has 2 rings (SSSR count). The summed E-state index contributed by atoms with van der Waals surface area (Å²) in [4.78, 5) is 1.77. The zero-order valence-corrected chi connectivity index (χ0v) is 12.0. The van der Waals surface area contributed by atoms with E-state index in [0.717, 1.165) is 25.9 Å². The molecule has 1 aliphatic rings. The lowest BCUT2D eigenvalue weighted by Crippen LogP contribution is -2.40. The summed E-state index contributed by atoms with van der Waals surface area (Å²) in [6.45, 7) is 5.73. The number of hydrogen-bond acceptors (Lipinski definition) is 2. The highest BCUT2D eigenvalue weighted by atomic mass is 32.1. The lowest BCUT2D eigenvalue weighted by molar-refractivity contribution is 0.291. The van der Waals surface area contributed by atoms with Gasteiger partial charge < -0.3 is 10.6 Å². The molecule has 2 nitrogen and oxygen atoms in total. The summed E-state index contributed by atoms with van der Waals surface area (Å²) in [5.41, 5.74) is 5.74. The van der Waals surface area contributed by atoms with Gasteiger partial charge in [-0.1, -0.05) is 26.1 Å². The maximum atomic E-state index is 14.1. The fraction of sp³-hybridized carbons (Fsp3) is 0.500. The number of hydrogen-bond donors (Lipinski definition) is 1. The van der Waals surface area contributed by atoms with Gasteiger partial charge in [0.05, 0.1) is 5.69 Å². The standard InChI is InChI=1S/C14H18F2N2S/c1-14(2)6-3-7-18(8-14)10-5-4-9(13(17)19)11(15)12(10)16/h4-5H,3,6-8H2,1-2H3,(H2,17,19). The van der Waals surface area contributed by atoms with Gasteiger partial charge in [0.15, 0.2) is 11.6 Å². The first-order valence-electron chi connectivity index (χ1n) is 6.34. The third-order valence-corrected chi connectivity index (χ3v) is 3.79. The van der Waals surface area contributed by atoms with Crippen LogP contribution in [0.5, 0.6) is 0 Å². The van der Waals surface area contributed by atoms with Crippen molar-refractivity contribution in [2.45, 2.75) is 26.7 Å². The Bertz CT molecular complexity index is 514. The number of piperidine rings is 1. The van der Waals surface area contributed by atoms with Crippen LogP contribution in [0.2, 0.25) is 0 Å². The number of rotatable bonds is 2. The maximum Gasteiger partial charge on any atom is 0.182 e. The predicted octanol–water partition coefficient (Wildman–Crippen LogP) is 3.23. The first-order chi connectivity index (χ1) is 8.82. The molecule has 0 unspecified atom stereocenters. The molecular weight excluding hydrogens is 266 g/mol. The Morgan fingerprint density at radius 3 is 2.58 bits per heavy atom. The fourth-order valence-corrected chi connectivity index (χ4v) is 2.76. The zero-order chi connectivity index (χ0) is 14.2. The van der Waals surface area contributed by atoms with Crippen molar-refractivity contribution in [3.8, 4) is 0 Å². The van der Waals surface area contributed by atoms with E-state index < -0.39 is 11.6 Å². The molecule has 1 saturated heterocycles. The minimum Gasteiger partial charge on any atom is -0.389 e. The second-order valence-corrected chi connectivity index (χ2v) is 6.25. The average Bonchev–Trinajstić information content (AvgIpc) is 2.30. The van der Waals surface area contributed by atoms with Crippen LogP contribution in [0.3, 0.4) is 0 Å². The SMILES string of the molecule is CC1(C)CCCN(c2ccc(C(N)=S)c(F)c2F)C1. The van der Waals surface area contributed by atoms with Crippen LogP contribution in [0.1, 0.15) is 32.3 Å². The van der Waals surface area contributed by atoms with Crippen molar-refractivity contribution < 1.29 is 8.78 Å². The van der Waals surface area contributed by atoms with E-state index in [-0.39, 0.29) is 16.0 Å². The van der Waals surface area contributed by atoms with E-state index in [2.05, 4.69) is 13.8 Å². The number of anilines is 1. The Balaban J connectivity index is 2.36. The number of nitrogens with zero attached hydrogens (tertiary/aromatic N) is 1. The molecule has 2 N–H and O–H groups in total. The molecular formula is C14H18F2N2S. The van der Waals surface area contributed by atoms with Crippen LogP contribution >= 0.6 is 12.2 Å². The van der Waals surface area contributed by atoms with E-state index in [1.807, 2.05) is 4.90 Å². The molecule has 0 radical (unpaired) electrons. The summed E-state index contributed by atoms with van der Waals surface area (Å²) in [5, 5.41) is 0. The minimum atomic E-state index is -0.951. The van der Waals surface area contributed by atoms with Gasteiger partial charge in [0.2, 0.25) is 0 Å². The number of benzene rings is 1. The summed E-state index contributed by atoms with van der Waals surface area (Å²) in [5.74, 6) is -1.81. The van der Waals surface area contributed by atoms with Gasteiger partial charge in [-0.3, -0.25) is 0 Å². The van der Waals surface area contributed by atoms with Crippen molar-refractivity contribution in [3.05, 3.63) is 29.3 Å². The molecule has 0 amide bonds. The largest absolute Gasteiger partial charge is 0.389 e. The van der Waals surface area contributed by atoms with E-state index in [9.17, 15) is 8.78 Å². The van der Waals surface area contributed by atoms with Crippen molar-refractivity contribution in [3.63, 3.8) is 0 Å². The molecule has 1 fully saturated rings. The van der Waals surface area contributed by atoms with Crippen LogP contribution in [0.25, 0.3) is 0 Å². The van der Waals surface area contributed by atoms with Gasteiger partial charge in [-0.05, 0) is 30.4 Å². The molecule has 1 heterocycles. The van der Waals surface area contributed by atoms with Crippen molar-refractivity contribution in [1.29, 1.82) is 0 Å². The van der Waals surface area contributed by atoms with Crippen LogP contribution in [0.15, 0.2) is 12.1 Å². The minimum absolute atomic E-state index is 0.0347. The zero-order valence-electron chi connectivity index (χ0n) is 11.2. The second-order valence-electron chi connectivity index (χ2n) is 5.81. The van der Waals surface area contributed by atoms with E-state index in [4.69, 9.17) is 18.0 Å². The van der Waals surface area contributed by atoms with Gasteiger partial charge in [0.1, 0.15) is 4.99 Å².